The van der Waals surface area contributed by atoms with Gasteiger partial charge in [-0.3, -0.25) is 29.0 Å². The van der Waals surface area contributed by atoms with Gasteiger partial charge in [-0.1, -0.05) is 39.7 Å². The highest BCUT2D eigenvalue weighted by atomic mass is 79.9. The molecular weight excluding hydrogens is 654 g/mol. The monoisotopic (exact) mass is 676 g/mol. The van der Waals surface area contributed by atoms with Gasteiger partial charge in [-0.25, -0.2) is 0 Å². The van der Waals surface area contributed by atoms with E-state index in [2.05, 4.69) is 15.9 Å². The van der Waals surface area contributed by atoms with E-state index in [0.717, 1.165) is 9.80 Å². The maximum absolute atomic E-state index is 14.1. The van der Waals surface area contributed by atoms with Crippen molar-refractivity contribution in [1.82, 2.24) is 4.90 Å². The van der Waals surface area contributed by atoms with E-state index in [9.17, 15) is 34.3 Å². The summed E-state index contributed by atoms with van der Waals surface area (Å²) in [7, 11) is 0.839. The van der Waals surface area contributed by atoms with Gasteiger partial charge in [0.1, 0.15) is 0 Å². The highest BCUT2D eigenvalue weighted by Crippen LogP contribution is 2.66. The number of hydrogen-bond acceptors (Lipinski definition) is 8. The minimum atomic E-state index is -2.06. The number of nitrogens with zero attached hydrogens (tertiary/aromatic N) is 2. The Kier molecular flexibility index (Phi) is 6.82. The summed E-state index contributed by atoms with van der Waals surface area (Å²) in [5.41, 5.74) is 0.957. The zero-order valence-electron chi connectivity index (χ0n) is 22.3. The summed E-state index contributed by atoms with van der Waals surface area (Å²) < 4.78 is 5.84. The molecule has 0 bridgehead atoms. The molecule has 2 saturated heterocycles. The zero-order chi connectivity index (χ0) is 30.5. The third-order valence-corrected chi connectivity index (χ3v) is 10.9. The standard InChI is InChI=1S/C28H24BBrCl2N2O8/c1-33-25(38)27(31)11-18-15(21(28(27,32)26(33)39)17-9-13(30)10-19(42-2)22(17)35)6-7-16-20(18)24(37)34(23(16)36)14-5-3-4-12(8-14)29(40)41/h3-6,8-10,16,18,20-21,35,40-41H,7,11H2,1-2H3. The average Bonchev–Trinajstić information content (AvgIpc) is 3.29. The highest BCUT2D eigenvalue weighted by Gasteiger charge is 2.76. The van der Waals surface area contributed by atoms with Gasteiger partial charge in [-0.15, -0.1) is 23.2 Å². The number of likely N-dealkylation sites (tertiary alicyclic amines) is 1. The van der Waals surface area contributed by atoms with E-state index < -0.39 is 64.2 Å². The molecule has 218 valence electrons. The average molecular weight is 678 g/mol. The number of fused-ring (bicyclic) bond motifs is 4. The van der Waals surface area contributed by atoms with E-state index in [1.165, 1.54) is 44.5 Å². The Morgan fingerprint density at radius 3 is 2.43 bits per heavy atom. The number of phenols is 1. The van der Waals surface area contributed by atoms with Crippen LogP contribution in [0.2, 0.25) is 0 Å². The number of aromatic hydroxyl groups is 1. The predicted molar refractivity (Wildman–Crippen MR) is 157 cm³/mol. The first-order valence-electron chi connectivity index (χ1n) is 13.1. The molecule has 6 unspecified atom stereocenters. The van der Waals surface area contributed by atoms with Crippen molar-refractivity contribution in [2.45, 2.75) is 28.5 Å². The molecular formula is C28H24BBrCl2N2O8. The Bertz CT molecular complexity index is 1620. The number of amides is 4. The van der Waals surface area contributed by atoms with E-state index in [1.807, 2.05) is 0 Å². The van der Waals surface area contributed by atoms with Gasteiger partial charge < -0.3 is 19.9 Å². The first-order chi connectivity index (χ1) is 19.8. The molecule has 3 fully saturated rings. The summed E-state index contributed by atoms with van der Waals surface area (Å²) >= 11 is 17.7. The van der Waals surface area contributed by atoms with Crippen molar-refractivity contribution in [2.75, 3.05) is 19.1 Å². The molecule has 0 radical (unpaired) electrons. The lowest BCUT2D eigenvalue weighted by atomic mass is 9.56. The van der Waals surface area contributed by atoms with Crippen molar-refractivity contribution in [3.63, 3.8) is 0 Å². The lowest BCUT2D eigenvalue weighted by molar-refractivity contribution is -0.138. The zero-order valence-corrected chi connectivity index (χ0v) is 25.4. The van der Waals surface area contributed by atoms with E-state index in [0.29, 0.717) is 10.0 Å². The minimum absolute atomic E-state index is 0.0885. The molecule has 0 aromatic heterocycles. The fraction of sp³-hybridized carbons (Fsp3) is 0.357. The van der Waals surface area contributed by atoms with E-state index >= 15 is 0 Å². The van der Waals surface area contributed by atoms with Crippen molar-refractivity contribution in [3.05, 3.63) is 58.1 Å². The van der Waals surface area contributed by atoms with Crippen molar-refractivity contribution < 1.29 is 39.1 Å². The number of imide groups is 2. The Morgan fingerprint density at radius 1 is 1.05 bits per heavy atom. The Labute approximate surface area is 259 Å². The Morgan fingerprint density at radius 2 is 1.76 bits per heavy atom. The number of alkyl halides is 2. The second-order valence-corrected chi connectivity index (χ2v) is 13.2. The van der Waals surface area contributed by atoms with Crippen LogP contribution in [0.4, 0.5) is 5.69 Å². The topological polar surface area (TPSA) is 145 Å². The number of ether oxygens (including phenoxy) is 1. The maximum Gasteiger partial charge on any atom is 0.488 e. The molecule has 2 aliphatic carbocycles. The molecule has 4 aliphatic rings. The van der Waals surface area contributed by atoms with Crippen LogP contribution in [0.1, 0.15) is 24.3 Å². The van der Waals surface area contributed by atoms with Gasteiger partial charge >= 0.3 is 7.12 Å². The van der Waals surface area contributed by atoms with Gasteiger partial charge in [0, 0.05) is 23.0 Å². The number of anilines is 1. The fourth-order valence-electron chi connectivity index (χ4n) is 7.14. The van der Waals surface area contributed by atoms with Crippen LogP contribution in [0.3, 0.4) is 0 Å². The number of benzene rings is 2. The molecule has 42 heavy (non-hydrogen) atoms. The largest absolute Gasteiger partial charge is 0.504 e. The molecule has 2 aliphatic heterocycles. The molecule has 10 nitrogen and oxygen atoms in total. The number of methoxy groups -OCH3 is 1. The predicted octanol–water partition coefficient (Wildman–Crippen LogP) is 2.04. The number of carbonyl (C=O) groups is 4. The van der Waals surface area contributed by atoms with Gasteiger partial charge in [0.2, 0.25) is 11.8 Å². The fourth-order valence-corrected chi connectivity index (χ4v) is 8.60. The molecule has 4 amide bonds. The second kappa shape index (κ2) is 9.82. The number of rotatable bonds is 4. The van der Waals surface area contributed by atoms with Crippen LogP contribution in [-0.2, 0) is 19.2 Å². The van der Waals surface area contributed by atoms with Crippen LogP contribution in [0.15, 0.2) is 52.5 Å². The smallest absolute Gasteiger partial charge is 0.488 e. The summed E-state index contributed by atoms with van der Waals surface area (Å²) in [5, 5.41) is 30.6. The SMILES string of the molecule is COc1cc(Br)cc(C2C3=CCC4C(=O)N(c5cccc(B(O)O)c5)C(=O)C4C3CC3(Cl)C(=O)N(C)C(=O)C23Cl)c1O. The molecule has 3 N–H and O–H groups in total. The third-order valence-electron chi connectivity index (χ3n) is 9.04. The Balaban J connectivity index is 1.53. The normalized spacial score (nSPS) is 32.0. The molecule has 2 aromatic carbocycles. The molecule has 2 aromatic rings. The molecule has 6 rings (SSSR count). The number of hydrogen-bond donors (Lipinski definition) is 3. The van der Waals surface area contributed by atoms with Gasteiger partial charge in [-0.05, 0) is 48.5 Å². The lowest BCUT2D eigenvalue weighted by Gasteiger charge is -2.50. The van der Waals surface area contributed by atoms with Gasteiger partial charge in [-0.2, -0.15) is 0 Å². The summed E-state index contributed by atoms with van der Waals surface area (Å²) in [5.74, 6) is -6.44. The first-order valence-corrected chi connectivity index (χ1v) is 14.6. The van der Waals surface area contributed by atoms with Gasteiger partial charge in [0.15, 0.2) is 21.2 Å². The van der Waals surface area contributed by atoms with Crippen LogP contribution < -0.4 is 15.1 Å². The van der Waals surface area contributed by atoms with Gasteiger partial charge in [0.25, 0.3) is 11.8 Å². The molecule has 14 heteroatoms. The third kappa shape index (κ3) is 3.71. The molecule has 6 atom stereocenters. The van der Waals surface area contributed by atoms with Crippen LogP contribution in [0.5, 0.6) is 11.5 Å². The van der Waals surface area contributed by atoms with Crippen LogP contribution in [0.25, 0.3) is 0 Å². The van der Waals surface area contributed by atoms with Crippen molar-refractivity contribution >= 4 is 81.0 Å². The van der Waals surface area contributed by atoms with E-state index in [-0.39, 0.29) is 41.1 Å². The summed E-state index contributed by atoms with van der Waals surface area (Å²) in [4.78, 5) is 52.9. The second-order valence-electron chi connectivity index (χ2n) is 11.0. The number of halogens is 3. The quantitative estimate of drug-likeness (QED) is 0.193. The first kappa shape index (κ1) is 29.2. The minimum Gasteiger partial charge on any atom is -0.504 e. The van der Waals surface area contributed by atoms with Crippen molar-refractivity contribution in [2.24, 2.45) is 17.8 Å². The number of carbonyl (C=O) groups excluding carboxylic acids is 4. The maximum atomic E-state index is 14.1. The Hall–Kier alpha value is -2.90. The van der Waals surface area contributed by atoms with Crippen molar-refractivity contribution in [1.29, 1.82) is 0 Å². The highest BCUT2D eigenvalue weighted by molar-refractivity contribution is 9.10. The van der Waals surface area contributed by atoms with Crippen LogP contribution >= 0.6 is 39.1 Å². The van der Waals surface area contributed by atoms with E-state index in [1.54, 1.807) is 12.1 Å². The number of phenolic OH excluding ortho intramolecular Hbond substituents is 1. The number of allylic oxidation sites excluding steroid dienone is 2. The summed E-state index contributed by atoms with van der Waals surface area (Å²) in [6.07, 6.45) is 1.68. The van der Waals surface area contributed by atoms with Gasteiger partial charge in [0.05, 0.1) is 24.6 Å². The summed E-state index contributed by atoms with van der Waals surface area (Å²) in [6, 6.07) is 8.92. The molecule has 1 saturated carbocycles. The van der Waals surface area contributed by atoms with Crippen molar-refractivity contribution in [3.8, 4) is 11.5 Å². The molecule has 2 heterocycles. The van der Waals surface area contributed by atoms with Crippen LogP contribution in [-0.4, -0.2) is 74.7 Å². The van der Waals surface area contributed by atoms with Crippen LogP contribution in [0, 0.1) is 17.8 Å². The summed E-state index contributed by atoms with van der Waals surface area (Å²) in [6.45, 7) is 0. The lowest BCUT2D eigenvalue weighted by Crippen LogP contribution is -2.60. The van der Waals surface area contributed by atoms with E-state index in [4.69, 9.17) is 27.9 Å². The molecule has 0 spiro atoms.